The molecule has 0 saturated carbocycles. The van der Waals surface area contributed by atoms with Crippen molar-refractivity contribution in [3.05, 3.63) is 95.0 Å². The Morgan fingerprint density at radius 1 is 1.19 bits per heavy atom. The minimum absolute atomic E-state index is 0.000941. The van der Waals surface area contributed by atoms with Crippen molar-refractivity contribution in [1.29, 1.82) is 0 Å². The summed E-state index contributed by atoms with van der Waals surface area (Å²) in [5.41, 5.74) is 4.83. The van der Waals surface area contributed by atoms with Crippen LogP contribution in [0.25, 0.3) is 0 Å². The van der Waals surface area contributed by atoms with Gasteiger partial charge in [0.2, 0.25) is 10.0 Å². The van der Waals surface area contributed by atoms with Gasteiger partial charge in [0.1, 0.15) is 16.4 Å². The monoisotopic (exact) mass is 602 g/mol. The number of carbonyl (C=O) groups is 1. The lowest BCUT2D eigenvalue weighted by molar-refractivity contribution is -0.137. The zero-order valence-corrected chi connectivity index (χ0v) is 23.4. The number of sulfonamides is 1. The van der Waals surface area contributed by atoms with Gasteiger partial charge in [-0.2, -0.15) is 22.6 Å². The van der Waals surface area contributed by atoms with E-state index in [0.717, 1.165) is 16.6 Å². The molecule has 1 aromatic carbocycles. The molecule has 2 N–H and O–H groups in total. The molecular formula is C28H26F4N6O3S. The number of hydrogen-bond donors (Lipinski definition) is 1. The smallest absolute Gasteiger partial charge is 0.404 e. The van der Waals surface area contributed by atoms with E-state index >= 15 is 0 Å². The Balaban J connectivity index is 1.65. The van der Waals surface area contributed by atoms with Gasteiger partial charge in [-0.1, -0.05) is 5.57 Å². The van der Waals surface area contributed by atoms with Crippen LogP contribution in [-0.4, -0.2) is 52.1 Å². The first-order chi connectivity index (χ1) is 19.8. The summed E-state index contributed by atoms with van der Waals surface area (Å²) < 4.78 is 84.1. The van der Waals surface area contributed by atoms with Crippen molar-refractivity contribution >= 4 is 27.2 Å². The van der Waals surface area contributed by atoms with Crippen LogP contribution in [0.4, 0.5) is 23.2 Å². The molecule has 3 aromatic rings. The second-order valence-electron chi connectivity index (χ2n) is 10.2. The van der Waals surface area contributed by atoms with Gasteiger partial charge in [0.05, 0.1) is 34.3 Å². The van der Waals surface area contributed by atoms with Crippen molar-refractivity contribution < 1.29 is 30.8 Å². The number of carbonyl (C=O) groups excluding carboxylic acids is 1. The maximum Gasteiger partial charge on any atom is 0.416 e. The summed E-state index contributed by atoms with van der Waals surface area (Å²) in [5.74, 6) is -1.23. The Labute approximate surface area is 239 Å². The molecule has 1 atom stereocenters. The summed E-state index contributed by atoms with van der Waals surface area (Å²) in [5, 5.41) is 4.02. The normalized spacial score (nSPS) is 21.8. The summed E-state index contributed by atoms with van der Waals surface area (Å²) in [6, 6.07) is 6.81. The van der Waals surface area contributed by atoms with Crippen molar-refractivity contribution in [2.75, 3.05) is 13.1 Å². The Hall–Kier alpha value is -4.17. The van der Waals surface area contributed by atoms with Gasteiger partial charge in [-0.3, -0.25) is 14.5 Å². The van der Waals surface area contributed by atoms with E-state index in [4.69, 9.17) is 5.73 Å². The van der Waals surface area contributed by atoms with E-state index in [1.54, 1.807) is 20.0 Å². The Morgan fingerprint density at radius 2 is 1.90 bits per heavy atom. The van der Waals surface area contributed by atoms with Crippen molar-refractivity contribution in [1.82, 2.24) is 19.1 Å². The van der Waals surface area contributed by atoms with Crippen LogP contribution in [0.15, 0.2) is 82.1 Å². The number of aryl methyl sites for hydroxylation is 1. The number of benzene rings is 1. The molecule has 2 aliphatic rings. The first kappa shape index (κ1) is 29.3. The number of allylic oxidation sites excluding steroid dienone is 2. The molecule has 0 radical (unpaired) electrons. The molecule has 3 heterocycles. The molecule has 0 spiro atoms. The summed E-state index contributed by atoms with van der Waals surface area (Å²) >= 11 is 0. The molecule has 42 heavy (non-hydrogen) atoms. The van der Waals surface area contributed by atoms with Crippen molar-refractivity contribution in [2.45, 2.75) is 30.8 Å². The van der Waals surface area contributed by atoms with Crippen LogP contribution in [0, 0.1) is 18.2 Å². The van der Waals surface area contributed by atoms with Crippen LogP contribution in [0.3, 0.4) is 0 Å². The number of nitrogens with zero attached hydrogens (tertiary/aromatic N) is 5. The average molecular weight is 603 g/mol. The molecule has 1 aliphatic carbocycles. The number of fused-ring (bicyclic) bond motifs is 1. The number of hydrogen-bond acceptors (Lipinski definition) is 7. The number of pyridine rings is 1. The molecule has 14 heteroatoms. The lowest BCUT2D eigenvalue weighted by atomic mass is 9.64. The summed E-state index contributed by atoms with van der Waals surface area (Å²) in [6.45, 7) is 1.23. The fourth-order valence-corrected chi connectivity index (χ4v) is 6.96. The topological polar surface area (TPSA) is 124 Å². The molecule has 0 amide bonds. The average Bonchev–Trinajstić information content (AvgIpc) is 3.31. The number of rotatable bonds is 5. The standard InChI is InChI=1S/C28H26F4N6O3S/c1-17-25(15-35-37(17)2)42(40,41)38-10-8-19-11-23(36-22-5-3-21(29)4-6-22)18(14-33)13-27(19,16-38)26(39)24-12-20(7-9-34-24)28(30,31)32/h3-7,9,11-12,14-15H,8,10,13,16,33H2,1-2H3/b18-14-,36-23?/t27-/m0/s1. The van der Waals surface area contributed by atoms with Gasteiger partial charge in [0.25, 0.3) is 0 Å². The van der Waals surface area contributed by atoms with Gasteiger partial charge in [-0.25, -0.2) is 17.8 Å². The van der Waals surface area contributed by atoms with Crippen LogP contribution >= 0.6 is 0 Å². The van der Waals surface area contributed by atoms with Gasteiger partial charge < -0.3 is 5.73 Å². The lowest BCUT2D eigenvalue weighted by Gasteiger charge is -2.45. The van der Waals surface area contributed by atoms with E-state index in [1.165, 1.54) is 41.3 Å². The molecule has 220 valence electrons. The highest BCUT2D eigenvalue weighted by Gasteiger charge is 2.52. The number of piperidine rings is 1. The highest BCUT2D eigenvalue weighted by atomic mass is 32.2. The molecule has 0 bridgehead atoms. The number of aliphatic imine (C=N–C) groups is 1. The maximum absolute atomic E-state index is 14.2. The fraction of sp³-hybridized carbons (Fsp3) is 0.286. The Morgan fingerprint density at radius 3 is 2.52 bits per heavy atom. The van der Waals surface area contributed by atoms with Crippen LogP contribution < -0.4 is 5.73 Å². The van der Waals surface area contributed by atoms with Gasteiger partial charge in [-0.05, 0) is 74.0 Å². The first-order valence-electron chi connectivity index (χ1n) is 12.8. The number of ketones is 1. The quantitative estimate of drug-likeness (QED) is 0.339. The number of nitrogens with two attached hydrogens (primary N) is 1. The van der Waals surface area contributed by atoms with Crippen LogP contribution in [0.5, 0.6) is 0 Å². The van der Waals surface area contributed by atoms with E-state index < -0.39 is 44.5 Å². The Kier molecular flexibility index (Phi) is 7.39. The molecule has 1 saturated heterocycles. The first-order valence-corrected chi connectivity index (χ1v) is 14.2. The van der Waals surface area contributed by atoms with Crippen LogP contribution in [0.2, 0.25) is 0 Å². The van der Waals surface area contributed by atoms with E-state index in [2.05, 4.69) is 15.1 Å². The highest BCUT2D eigenvalue weighted by molar-refractivity contribution is 7.89. The lowest BCUT2D eigenvalue weighted by Crippen LogP contribution is -2.53. The molecule has 9 nitrogen and oxygen atoms in total. The second kappa shape index (κ2) is 10.6. The number of aromatic nitrogens is 3. The second-order valence-corrected chi connectivity index (χ2v) is 12.1. The number of halogens is 4. The van der Waals surface area contributed by atoms with E-state index in [0.29, 0.717) is 34.3 Å². The predicted molar refractivity (Wildman–Crippen MR) is 146 cm³/mol. The van der Waals surface area contributed by atoms with Gasteiger partial charge in [0.15, 0.2) is 5.78 Å². The van der Waals surface area contributed by atoms with Crippen molar-refractivity contribution in [2.24, 2.45) is 23.2 Å². The molecular weight excluding hydrogens is 576 g/mol. The minimum atomic E-state index is -4.72. The van der Waals surface area contributed by atoms with Crippen molar-refractivity contribution in [3.8, 4) is 0 Å². The third-order valence-corrected chi connectivity index (χ3v) is 9.61. The molecule has 0 unspecified atom stereocenters. The summed E-state index contributed by atoms with van der Waals surface area (Å²) in [7, 11) is -2.55. The summed E-state index contributed by atoms with van der Waals surface area (Å²) in [6.07, 6.45) is 0.166. The predicted octanol–water partition coefficient (Wildman–Crippen LogP) is 4.49. The van der Waals surface area contributed by atoms with Gasteiger partial charge in [-0.15, -0.1) is 0 Å². The zero-order chi connectivity index (χ0) is 30.4. The van der Waals surface area contributed by atoms with Crippen LogP contribution in [-0.2, 0) is 23.2 Å². The highest BCUT2D eigenvalue weighted by Crippen LogP contribution is 2.48. The van der Waals surface area contributed by atoms with E-state index in [-0.39, 0.29) is 30.8 Å². The number of alkyl halides is 3. The van der Waals surface area contributed by atoms with Crippen LogP contribution in [0.1, 0.15) is 34.6 Å². The summed E-state index contributed by atoms with van der Waals surface area (Å²) in [4.78, 5) is 22.7. The van der Waals surface area contributed by atoms with E-state index in [9.17, 15) is 30.8 Å². The minimum Gasteiger partial charge on any atom is -0.404 e. The molecule has 1 aliphatic heterocycles. The number of Topliss-reactive ketones (excluding diaryl/α,β-unsaturated/α-hetero) is 1. The van der Waals surface area contributed by atoms with Gasteiger partial charge in [0, 0.05) is 26.3 Å². The third-order valence-electron chi connectivity index (χ3n) is 7.66. The van der Waals surface area contributed by atoms with E-state index in [1.807, 2.05) is 0 Å². The maximum atomic E-state index is 14.2. The van der Waals surface area contributed by atoms with Gasteiger partial charge >= 0.3 is 6.18 Å². The molecule has 2 aromatic heterocycles. The zero-order valence-electron chi connectivity index (χ0n) is 22.6. The molecule has 5 rings (SSSR count). The molecule has 1 fully saturated rings. The van der Waals surface area contributed by atoms with Crippen molar-refractivity contribution in [3.63, 3.8) is 0 Å². The largest absolute Gasteiger partial charge is 0.416 e. The Bertz CT molecular complexity index is 1760. The SMILES string of the molecule is Cc1c(S(=O)(=O)N2CCC3=CC(=Nc4ccc(F)cc4)/C(=C\N)C[C@]3(C(=O)c3cc(C(F)(F)F)ccn3)C2)cnn1C. The third kappa shape index (κ3) is 5.15. The fourth-order valence-electron chi connectivity index (χ4n) is 5.27.